The molecule has 0 atom stereocenters. The number of rotatable bonds is 8. The highest BCUT2D eigenvalue weighted by Crippen LogP contribution is 2.38. The number of amidine groups is 1. The van der Waals surface area contributed by atoms with Crippen molar-refractivity contribution in [3.05, 3.63) is 69.8 Å². The number of ether oxygens (including phenoxy) is 2. The molecule has 1 saturated carbocycles. The molecule has 9 heteroatoms. The van der Waals surface area contributed by atoms with Gasteiger partial charge in [-0.15, -0.1) is 0 Å². The summed E-state index contributed by atoms with van der Waals surface area (Å²) >= 11 is 0. The van der Waals surface area contributed by atoms with Gasteiger partial charge in [0.2, 0.25) is 5.43 Å². The van der Waals surface area contributed by atoms with Crippen LogP contribution in [0.2, 0.25) is 0 Å². The van der Waals surface area contributed by atoms with E-state index in [0.29, 0.717) is 16.8 Å². The Morgan fingerprint density at radius 1 is 1.19 bits per heavy atom. The van der Waals surface area contributed by atoms with Crippen molar-refractivity contribution in [2.24, 2.45) is 5.73 Å². The van der Waals surface area contributed by atoms with E-state index < -0.39 is 17.2 Å². The van der Waals surface area contributed by atoms with Gasteiger partial charge in [-0.1, -0.05) is 0 Å². The van der Waals surface area contributed by atoms with Crippen LogP contribution in [0, 0.1) is 11.2 Å². The average Bonchev–Trinajstić information content (AvgIpc) is 3.57. The summed E-state index contributed by atoms with van der Waals surface area (Å²) in [5, 5.41) is 16.7. The summed E-state index contributed by atoms with van der Waals surface area (Å²) < 4.78 is 27.3. The number of pyridine rings is 1. The van der Waals surface area contributed by atoms with E-state index in [9.17, 15) is 19.1 Å². The van der Waals surface area contributed by atoms with E-state index in [1.54, 1.807) is 28.8 Å². The molecule has 1 fully saturated rings. The normalized spacial score (nSPS) is 13.2. The molecular formula is C22H20FN3O5. The van der Waals surface area contributed by atoms with E-state index >= 15 is 0 Å². The maximum Gasteiger partial charge on any atom is 0.341 e. The lowest BCUT2D eigenvalue weighted by Crippen LogP contribution is -2.19. The Balaban J connectivity index is 1.51. The number of hydrogen-bond donors (Lipinski definition) is 3. The SMILES string of the molecule is N=C(N)c1ccc(OCCOc2cc3c(cc2F)c(=O)c(C(=O)O)cn3C2CC2)cc1. The number of benzene rings is 2. The highest BCUT2D eigenvalue weighted by molar-refractivity contribution is 5.95. The maximum atomic E-state index is 14.6. The van der Waals surface area contributed by atoms with E-state index in [2.05, 4.69) is 0 Å². The fourth-order valence-corrected chi connectivity index (χ4v) is 3.31. The minimum absolute atomic E-state index is 0.0125. The molecule has 0 unspecified atom stereocenters. The number of fused-ring (bicyclic) bond motifs is 1. The van der Waals surface area contributed by atoms with Gasteiger partial charge in [0.05, 0.1) is 5.52 Å². The predicted molar refractivity (Wildman–Crippen MR) is 112 cm³/mol. The fraction of sp³-hybridized carbons (Fsp3) is 0.227. The van der Waals surface area contributed by atoms with Crippen molar-refractivity contribution in [1.29, 1.82) is 5.41 Å². The molecule has 0 bridgehead atoms. The molecule has 8 nitrogen and oxygen atoms in total. The van der Waals surface area contributed by atoms with Crippen LogP contribution >= 0.6 is 0 Å². The molecule has 1 aromatic heterocycles. The van der Waals surface area contributed by atoms with Crippen molar-refractivity contribution in [3.8, 4) is 11.5 Å². The third-order valence-corrected chi connectivity index (χ3v) is 5.03. The molecule has 4 rings (SSSR count). The quantitative estimate of drug-likeness (QED) is 0.289. The van der Waals surface area contributed by atoms with Gasteiger partial charge in [-0.2, -0.15) is 0 Å². The highest BCUT2D eigenvalue weighted by atomic mass is 19.1. The van der Waals surface area contributed by atoms with Crippen LogP contribution in [0.5, 0.6) is 11.5 Å². The molecule has 0 amide bonds. The van der Waals surface area contributed by atoms with Crippen LogP contribution in [0.1, 0.15) is 34.8 Å². The van der Waals surface area contributed by atoms with Crippen LogP contribution in [0.25, 0.3) is 10.9 Å². The number of hydrogen-bond acceptors (Lipinski definition) is 5. The largest absolute Gasteiger partial charge is 0.490 e. The number of aromatic carboxylic acids is 1. The molecule has 3 aromatic rings. The van der Waals surface area contributed by atoms with Crippen molar-refractivity contribution in [2.75, 3.05) is 13.2 Å². The smallest absolute Gasteiger partial charge is 0.341 e. The molecule has 31 heavy (non-hydrogen) atoms. The highest BCUT2D eigenvalue weighted by Gasteiger charge is 2.27. The van der Waals surface area contributed by atoms with Gasteiger partial charge in [-0.3, -0.25) is 10.2 Å². The number of carboxylic acids is 1. The second-order valence-corrected chi connectivity index (χ2v) is 7.25. The first-order valence-corrected chi connectivity index (χ1v) is 9.67. The monoisotopic (exact) mass is 425 g/mol. The predicted octanol–water partition coefficient (Wildman–Crippen LogP) is 2.92. The van der Waals surface area contributed by atoms with Gasteiger partial charge in [0.15, 0.2) is 11.6 Å². The van der Waals surface area contributed by atoms with Gasteiger partial charge in [0, 0.05) is 29.3 Å². The second-order valence-electron chi connectivity index (χ2n) is 7.25. The molecule has 1 heterocycles. The lowest BCUT2D eigenvalue weighted by atomic mass is 10.1. The lowest BCUT2D eigenvalue weighted by Gasteiger charge is -2.14. The van der Waals surface area contributed by atoms with Crippen molar-refractivity contribution < 1.29 is 23.8 Å². The number of nitrogens with zero attached hydrogens (tertiary/aromatic N) is 1. The third-order valence-electron chi connectivity index (χ3n) is 5.03. The summed E-state index contributed by atoms with van der Waals surface area (Å²) in [5.41, 5.74) is 5.33. The Morgan fingerprint density at radius 2 is 1.87 bits per heavy atom. The molecule has 0 aliphatic heterocycles. The van der Waals surface area contributed by atoms with Crippen LogP contribution < -0.4 is 20.6 Å². The molecule has 160 valence electrons. The van der Waals surface area contributed by atoms with Gasteiger partial charge in [0.1, 0.15) is 30.4 Å². The fourth-order valence-electron chi connectivity index (χ4n) is 3.31. The Hall–Kier alpha value is -3.88. The number of halogens is 1. The summed E-state index contributed by atoms with van der Waals surface area (Å²) in [6.45, 7) is 0.196. The van der Waals surface area contributed by atoms with E-state index in [1.807, 2.05) is 0 Å². The lowest BCUT2D eigenvalue weighted by molar-refractivity contribution is 0.0695. The Morgan fingerprint density at radius 3 is 2.48 bits per heavy atom. The van der Waals surface area contributed by atoms with Gasteiger partial charge in [-0.25, -0.2) is 9.18 Å². The first kappa shape index (κ1) is 20.4. The van der Waals surface area contributed by atoms with Crippen molar-refractivity contribution in [2.45, 2.75) is 18.9 Å². The van der Waals surface area contributed by atoms with E-state index in [-0.39, 0.29) is 41.8 Å². The number of carbonyl (C=O) groups is 1. The first-order valence-electron chi connectivity index (χ1n) is 9.67. The van der Waals surface area contributed by atoms with Crippen LogP contribution in [0.3, 0.4) is 0 Å². The molecule has 2 aromatic carbocycles. The van der Waals surface area contributed by atoms with Crippen molar-refractivity contribution >= 4 is 22.7 Å². The van der Waals surface area contributed by atoms with E-state index in [4.69, 9.17) is 20.6 Å². The number of nitrogen functional groups attached to an aromatic ring is 1. The van der Waals surface area contributed by atoms with Gasteiger partial charge in [-0.05, 0) is 43.2 Å². The molecule has 0 spiro atoms. The Kier molecular flexibility index (Phi) is 5.33. The van der Waals surface area contributed by atoms with Gasteiger partial charge >= 0.3 is 5.97 Å². The molecule has 1 aliphatic rings. The van der Waals surface area contributed by atoms with Crippen molar-refractivity contribution in [1.82, 2.24) is 4.57 Å². The van der Waals surface area contributed by atoms with E-state index in [0.717, 1.165) is 18.9 Å². The van der Waals surface area contributed by atoms with E-state index in [1.165, 1.54) is 12.3 Å². The summed E-state index contributed by atoms with van der Waals surface area (Å²) in [6, 6.07) is 9.19. The number of carboxylic acid groups (broad SMARTS) is 1. The van der Waals surface area contributed by atoms with Crippen LogP contribution in [0.15, 0.2) is 47.4 Å². The number of aromatic nitrogens is 1. The number of nitrogens with one attached hydrogen (secondary N) is 1. The Labute approximate surface area is 176 Å². The standard InChI is InChI=1S/C22H20FN3O5/c23-17-9-15-18(26(13-3-4-13)11-16(20(15)27)22(28)29)10-19(17)31-8-7-30-14-5-1-12(2-6-14)21(24)25/h1-2,5-6,9-11,13H,3-4,7-8H2,(H3,24,25)(H,28,29). The molecule has 0 radical (unpaired) electrons. The maximum absolute atomic E-state index is 14.6. The van der Waals surface area contributed by atoms with Crippen LogP contribution in [-0.4, -0.2) is 34.7 Å². The summed E-state index contributed by atoms with van der Waals surface area (Å²) in [4.78, 5) is 23.9. The Bertz CT molecular complexity index is 1230. The zero-order valence-corrected chi connectivity index (χ0v) is 16.4. The van der Waals surface area contributed by atoms with Crippen LogP contribution in [-0.2, 0) is 0 Å². The van der Waals surface area contributed by atoms with Crippen molar-refractivity contribution in [3.63, 3.8) is 0 Å². The average molecular weight is 425 g/mol. The minimum Gasteiger partial charge on any atom is -0.490 e. The second kappa shape index (κ2) is 8.10. The molecule has 4 N–H and O–H groups in total. The van der Waals surface area contributed by atoms with Crippen LogP contribution in [0.4, 0.5) is 4.39 Å². The molecular weight excluding hydrogens is 405 g/mol. The first-order chi connectivity index (χ1) is 14.8. The zero-order valence-electron chi connectivity index (χ0n) is 16.4. The summed E-state index contributed by atoms with van der Waals surface area (Å²) in [7, 11) is 0. The summed E-state index contributed by atoms with van der Waals surface area (Å²) in [6.07, 6.45) is 3.04. The third kappa shape index (κ3) is 4.20. The number of nitrogens with two attached hydrogens (primary N) is 1. The minimum atomic E-state index is -1.34. The zero-order chi connectivity index (χ0) is 22.1. The van der Waals surface area contributed by atoms with Gasteiger partial charge in [0.25, 0.3) is 0 Å². The molecule has 0 saturated heterocycles. The topological polar surface area (TPSA) is 128 Å². The van der Waals surface area contributed by atoms with Gasteiger partial charge < -0.3 is 24.9 Å². The molecule has 1 aliphatic carbocycles. The summed E-state index contributed by atoms with van der Waals surface area (Å²) in [5.74, 6) is -1.62.